The van der Waals surface area contributed by atoms with Gasteiger partial charge < -0.3 is 9.47 Å². The summed E-state index contributed by atoms with van der Waals surface area (Å²) in [6, 6.07) is 6.64. The molecule has 0 radical (unpaired) electrons. The molecular formula is C17H11F4NO5. The zero-order valence-electron chi connectivity index (χ0n) is 13.4. The lowest BCUT2D eigenvalue weighted by Crippen LogP contribution is -2.34. The van der Waals surface area contributed by atoms with E-state index < -0.39 is 48.2 Å². The van der Waals surface area contributed by atoms with Crippen molar-refractivity contribution in [2.24, 2.45) is 0 Å². The Morgan fingerprint density at radius 2 is 1.67 bits per heavy atom. The summed E-state index contributed by atoms with van der Waals surface area (Å²) in [5.41, 5.74) is -0.619. The minimum Gasteiger partial charge on any atom is -0.452 e. The van der Waals surface area contributed by atoms with Crippen LogP contribution in [0.15, 0.2) is 42.5 Å². The van der Waals surface area contributed by atoms with Gasteiger partial charge in [-0.25, -0.2) is 13.6 Å². The van der Waals surface area contributed by atoms with Crippen LogP contribution in [0.2, 0.25) is 0 Å². The summed E-state index contributed by atoms with van der Waals surface area (Å²) < 4.78 is 58.9. The highest BCUT2D eigenvalue weighted by atomic mass is 19.3. The van der Waals surface area contributed by atoms with E-state index in [4.69, 9.17) is 0 Å². The third-order valence-corrected chi connectivity index (χ3v) is 3.08. The van der Waals surface area contributed by atoms with Crippen molar-refractivity contribution in [1.29, 1.82) is 0 Å². The Bertz CT molecular complexity index is 855. The van der Waals surface area contributed by atoms with Crippen molar-refractivity contribution < 1.29 is 41.4 Å². The van der Waals surface area contributed by atoms with E-state index in [1.807, 2.05) is 5.32 Å². The Hall–Kier alpha value is -3.43. The van der Waals surface area contributed by atoms with Gasteiger partial charge in [0.1, 0.15) is 17.4 Å². The summed E-state index contributed by atoms with van der Waals surface area (Å²) in [7, 11) is 0. The van der Waals surface area contributed by atoms with Crippen LogP contribution < -0.4 is 10.1 Å². The molecular weight excluding hydrogens is 374 g/mol. The van der Waals surface area contributed by atoms with Crippen molar-refractivity contribution in [1.82, 2.24) is 5.32 Å². The van der Waals surface area contributed by atoms with Gasteiger partial charge in [0, 0.05) is 11.6 Å². The average molecular weight is 385 g/mol. The lowest BCUT2D eigenvalue weighted by Gasteiger charge is -2.07. The number of hydrogen-bond donors (Lipinski definition) is 1. The van der Waals surface area contributed by atoms with Gasteiger partial charge in [0.2, 0.25) is 0 Å². The average Bonchev–Trinajstić information content (AvgIpc) is 2.59. The Labute approximate surface area is 149 Å². The Kier molecular flexibility index (Phi) is 6.47. The molecule has 27 heavy (non-hydrogen) atoms. The molecule has 0 unspecified atom stereocenters. The maximum atomic E-state index is 13.4. The Morgan fingerprint density at radius 1 is 1.00 bits per heavy atom. The van der Waals surface area contributed by atoms with Crippen LogP contribution in [0.5, 0.6) is 5.75 Å². The number of esters is 1. The van der Waals surface area contributed by atoms with Crippen LogP contribution in [0, 0.1) is 11.6 Å². The summed E-state index contributed by atoms with van der Waals surface area (Å²) >= 11 is 0. The number of imide groups is 1. The number of ether oxygens (including phenoxy) is 2. The van der Waals surface area contributed by atoms with Crippen molar-refractivity contribution >= 4 is 17.8 Å². The maximum absolute atomic E-state index is 13.4. The van der Waals surface area contributed by atoms with Gasteiger partial charge in [-0.15, -0.1) is 0 Å². The number of benzene rings is 2. The number of amides is 2. The molecule has 142 valence electrons. The highest BCUT2D eigenvalue weighted by Crippen LogP contribution is 2.15. The fourth-order valence-electron chi connectivity index (χ4n) is 1.89. The molecule has 2 aromatic rings. The van der Waals surface area contributed by atoms with Gasteiger partial charge in [0.05, 0.1) is 5.56 Å². The molecule has 0 atom stereocenters. The quantitative estimate of drug-likeness (QED) is 0.611. The predicted octanol–water partition coefficient (Wildman–Crippen LogP) is 2.68. The minimum atomic E-state index is -3.02. The molecule has 0 heterocycles. The second-order valence-electron chi connectivity index (χ2n) is 4.98. The molecule has 10 heteroatoms. The van der Waals surface area contributed by atoms with Gasteiger partial charge in [-0.1, -0.05) is 0 Å². The SMILES string of the molecule is O=C(COC(=O)c1ccc(F)cc1F)NC(=O)c1ccc(OC(F)F)cc1. The minimum absolute atomic E-state index is 0.0409. The normalized spacial score (nSPS) is 10.4. The van der Waals surface area contributed by atoms with E-state index >= 15 is 0 Å². The van der Waals surface area contributed by atoms with Gasteiger partial charge in [0.15, 0.2) is 6.61 Å². The van der Waals surface area contributed by atoms with Crippen molar-refractivity contribution in [3.63, 3.8) is 0 Å². The van der Waals surface area contributed by atoms with Crippen molar-refractivity contribution in [2.75, 3.05) is 6.61 Å². The molecule has 6 nitrogen and oxygen atoms in total. The fourth-order valence-corrected chi connectivity index (χ4v) is 1.89. The first-order chi connectivity index (χ1) is 12.8. The molecule has 2 aromatic carbocycles. The molecule has 0 aromatic heterocycles. The lowest BCUT2D eigenvalue weighted by atomic mass is 10.2. The van der Waals surface area contributed by atoms with E-state index in [1.165, 1.54) is 0 Å². The first-order valence-electron chi connectivity index (χ1n) is 7.27. The van der Waals surface area contributed by atoms with Gasteiger partial charge >= 0.3 is 12.6 Å². The summed E-state index contributed by atoms with van der Waals surface area (Å²) in [4.78, 5) is 35.1. The van der Waals surface area contributed by atoms with Crippen LogP contribution in [0.4, 0.5) is 17.6 Å². The van der Waals surface area contributed by atoms with E-state index in [1.54, 1.807) is 0 Å². The molecule has 1 N–H and O–H groups in total. The van der Waals surface area contributed by atoms with E-state index in [0.29, 0.717) is 6.07 Å². The van der Waals surface area contributed by atoms with Crippen LogP contribution in [-0.2, 0) is 9.53 Å². The number of carbonyl (C=O) groups excluding carboxylic acids is 3. The highest BCUT2D eigenvalue weighted by Gasteiger charge is 2.17. The number of hydrogen-bond acceptors (Lipinski definition) is 5. The molecule has 0 spiro atoms. The molecule has 0 fully saturated rings. The fraction of sp³-hybridized carbons (Fsp3) is 0.118. The smallest absolute Gasteiger partial charge is 0.387 e. The van der Waals surface area contributed by atoms with Gasteiger partial charge in [-0.3, -0.25) is 14.9 Å². The van der Waals surface area contributed by atoms with Gasteiger partial charge in [-0.2, -0.15) is 8.78 Å². The first kappa shape index (κ1) is 19.9. The maximum Gasteiger partial charge on any atom is 0.387 e. The summed E-state index contributed by atoms with van der Waals surface area (Å²) in [5.74, 6) is -5.34. The van der Waals surface area contributed by atoms with Crippen molar-refractivity contribution in [3.8, 4) is 5.75 Å². The number of carbonyl (C=O) groups is 3. The van der Waals surface area contributed by atoms with Crippen LogP contribution in [-0.4, -0.2) is 31.0 Å². The number of rotatable bonds is 6. The monoisotopic (exact) mass is 385 g/mol. The van der Waals surface area contributed by atoms with Crippen molar-refractivity contribution in [3.05, 3.63) is 65.2 Å². The van der Waals surface area contributed by atoms with Crippen LogP contribution in [0.25, 0.3) is 0 Å². The molecule has 0 saturated carbocycles. The lowest BCUT2D eigenvalue weighted by molar-refractivity contribution is -0.123. The second-order valence-corrected chi connectivity index (χ2v) is 4.98. The summed E-state index contributed by atoms with van der Waals surface area (Å²) in [5, 5.41) is 1.89. The molecule has 0 bridgehead atoms. The molecule has 0 aliphatic rings. The first-order valence-corrected chi connectivity index (χ1v) is 7.27. The van der Waals surface area contributed by atoms with Crippen LogP contribution in [0.1, 0.15) is 20.7 Å². The molecule has 0 saturated heterocycles. The number of nitrogens with one attached hydrogen (secondary N) is 1. The van der Waals surface area contributed by atoms with Crippen LogP contribution in [0.3, 0.4) is 0 Å². The van der Waals surface area contributed by atoms with Crippen molar-refractivity contribution in [2.45, 2.75) is 6.61 Å². The molecule has 0 aliphatic heterocycles. The zero-order valence-corrected chi connectivity index (χ0v) is 13.4. The second kappa shape index (κ2) is 8.79. The predicted molar refractivity (Wildman–Crippen MR) is 82.2 cm³/mol. The third kappa shape index (κ3) is 5.80. The van der Waals surface area contributed by atoms with Gasteiger partial charge in [-0.05, 0) is 36.4 Å². The summed E-state index contributed by atoms with van der Waals surface area (Å²) in [6.45, 7) is -3.92. The Balaban J connectivity index is 1.87. The molecule has 2 rings (SSSR count). The zero-order chi connectivity index (χ0) is 20.0. The standard InChI is InChI=1S/C17H11F4NO5/c18-10-3-6-12(13(19)7-10)16(25)26-8-14(23)22-15(24)9-1-4-11(5-2-9)27-17(20)21/h1-7,17H,8H2,(H,22,23,24). The topological polar surface area (TPSA) is 81.7 Å². The summed E-state index contributed by atoms with van der Waals surface area (Å²) in [6.07, 6.45) is 0. The van der Waals surface area contributed by atoms with Crippen LogP contribution >= 0.6 is 0 Å². The highest BCUT2D eigenvalue weighted by molar-refractivity contribution is 6.05. The largest absolute Gasteiger partial charge is 0.452 e. The van der Waals surface area contributed by atoms with E-state index in [9.17, 15) is 31.9 Å². The Morgan fingerprint density at radius 3 is 2.26 bits per heavy atom. The number of halogens is 4. The van der Waals surface area contributed by atoms with E-state index in [-0.39, 0.29) is 11.3 Å². The third-order valence-electron chi connectivity index (χ3n) is 3.08. The van der Waals surface area contributed by atoms with Gasteiger partial charge in [0.25, 0.3) is 11.8 Å². The molecule has 0 aliphatic carbocycles. The van der Waals surface area contributed by atoms with E-state index in [2.05, 4.69) is 9.47 Å². The molecule has 2 amide bonds. The number of alkyl halides is 2. The van der Waals surface area contributed by atoms with E-state index in [0.717, 1.165) is 36.4 Å².